The molecule has 0 aliphatic carbocycles. The molecule has 11 rings (SSSR count). The van der Waals surface area contributed by atoms with E-state index in [1.807, 2.05) is 103 Å². The Morgan fingerprint density at radius 3 is 1.85 bits per heavy atom. The molecule has 54 heavy (non-hydrogen) atoms. The van der Waals surface area contributed by atoms with Crippen molar-refractivity contribution in [2.75, 3.05) is 0 Å². The summed E-state index contributed by atoms with van der Waals surface area (Å²) in [6.07, 6.45) is 0. The summed E-state index contributed by atoms with van der Waals surface area (Å²) in [4.78, 5) is 15.1. The van der Waals surface area contributed by atoms with Crippen molar-refractivity contribution in [1.29, 1.82) is 0 Å². The van der Waals surface area contributed by atoms with E-state index >= 15 is 0 Å². The maximum Gasteiger partial charge on any atom is 0.164 e. The lowest BCUT2D eigenvalue weighted by Crippen LogP contribution is -2.02. The van der Waals surface area contributed by atoms with Gasteiger partial charge in [0.05, 0.1) is 24.9 Å². The summed E-state index contributed by atoms with van der Waals surface area (Å²) in [6.45, 7) is 0. The predicted molar refractivity (Wildman–Crippen MR) is 221 cm³/mol. The van der Waals surface area contributed by atoms with Crippen LogP contribution >= 0.6 is 0 Å². The topological polar surface area (TPSA) is 56.7 Å². The van der Waals surface area contributed by atoms with Gasteiger partial charge in [0, 0.05) is 49.4 Å². The van der Waals surface area contributed by atoms with E-state index in [2.05, 4.69) is 41.0 Å². The van der Waals surface area contributed by atoms with Crippen LogP contribution in [0.15, 0.2) is 186 Å². The first kappa shape index (κ1) is 24.8. The second-order valence-electron chi connectivity index (χ2n) is 13.2. The van der Waals surface area contributed by atoms with Crippen LogP contribution in [0.4, 0.5) is 0 Å². The van der Waals surface area contributed by atoms with Crippen molar-refractivity contribution in [2.24, 2.45) is 0 Å². The van der Waals surface area contributed by atoms with Crippen LogP contribution in [0.2, 0.25) is 0 Å². The average Bonchev–Trinajstić information content (AvgIpc) is 3.85. The van der Waals surface area contributed by atoms with Gasteiger partial charge in [-0.15, -0.1) is 0 Å². The molecule has 8 aromatic carbocycles. The molecule has 0 bridgehead atoms. The lowest BCUT2D eigenvalue weighted by Gasteiger charge is -2.16. The van der Waals surface area contributed by atoms with Crippen molar-refractivity contribution in [1.82, 2.24) is 19.5 Å². The van der Waals surface area contributed by atoms with E-state index in [1.165, 1.54) is 6.07 Å². The van der Waals surface area contributed by atoms with Crippen molar-refractivity contribution < 1.29 is 12.6 Å². The van der Waals surface area contributed by atoms with Gasteiger partial charge in [0.15, 0.2) is 17.5 Å². The molecule has 0 radical (unpaired) electrons. The SMILES string of the molecule is [2H]c1cc([2H])c2oc3c(-c4ccc(-c5nc(-c6ccccc6)nc(-c6ccc7ccccc7c6)n5)cc4-n4c5ccccc5c5ccccc54)c([2H])c([2H])c([2H])c3c2c1[2H]. The fourth-order valence-corrected chi connectivity index (χ4v) is 7.49. The van der Waals surface area contributed by atoms with Crippen LogP contribution < -0.4 is 0 Å². The first-order chi connectivity index (χ1) is 29.2. The third-order valence-corrected chi connectivity index (χ3v) is 10.0. The number of fused-ring (bicyclic) bond motifs is 7. The maximum atomic E-state index is 9.41. The summed E-state index contributed by atoms with van der Waals surface area (Å²) in [5.74, 6) is 1.42. The standard InChI is InChI=1S/C49H30N4O/c1-2-14-32(15-3-1)47-50-48(34-26-25-31-13-4-5-16-33(31)29-34)52-49(51-47)35-27-28-38(40-20-12-21-41-39-19-8-11-24-45(39)54-46(40)41)44(30-35)53-42-22-9-6-17-36(42)37-18-7-10-23-43(37)53/h1-30H/i8D,12D,19D,20D,21D,24D. The zero-order chi connectivity index (χ0) is 40.8. The van der Waals surface area contributed by atoms with Gasteiger partial charge in [0.1, 0.15) is 11.2 Å². The van der Waals surface area contributed by atoms with Crippen LogP contribution in [-0.2, 0) is 0 Å². The molecule has 0 fully saturated rings. The van der Waals surface area contributed by atoms with Gasteiger partial charge in [-0.2, -0.15) is 0 Å². The summed E-state index contributed by atoms with van der Waals surface area (Å²) in [7, 11) is 0. The predicted octanol–water partition coefficient (Wildman–Crippen LogP) is 12.7. The third kappa shape index (κ3) is 4.83. The first-order valence-corrected chi connectivity index (χ1v) is 17.6. The largest absolute Gasteiger partial charge is 0.455 e. The molecule has 0 aliphatic rings. The highest BCUT2D eigenvalue weighted by atomic mass is 16.3. The van der Waals surface area contributed by atoms with Crippen molar-refractivity contribution in [2.45, 2.75) is 0 Å². The molecule has 0 spiro atoms. The van der Waals surface area contributed by atoms with E-state index in [4.69, 9.17) is 26.2 Å². The van der Waals surface area contributed by atoms with E-state index in [0.717, 1.165) is 43.7 Å². The lowest BCUT2D eigenvalue weighted by atomic mass is 9.98. The lowest BCUT2D eigenvalue weighted by molar-refractivity contribution is 0.670. The Hall–Kier alpha value is -7.37. The fraction of sp³-hybridized carbons (Fsp3) is 0. The molecule has 252 valence electrons. The Kier molecular flexibility index (Phi) is 5.55. The molecular formula is C49H30N4O. The quantitative estimate of drug-likeness (QED) is 0.180. The van der Waals surface area contributed by atoms with Gasteiger partial charge >= 0.3 is 0 Å². The highest BCUT2D eigenvalue weighted by molar-refractivity contribution is 6.12. The van der Waals surface area contributed by atoms with Crippen molar-refractivity contribution in [3.05, 3.63) is 182 Å². The van der Waals surface area contributed by atoms with E-state index in [-0.39, 0.29) is 63.8 Å². The summed E-state index contributed by atoms with van der Waals surface area (Å²) in [5.41, 5.74) is 5.61. The molecule has 0 amide bonds. The maximum absolute atomic E-state index is 9.41. The number of benzene rings is 8. The van der Waals surface area contributed by atoms with Gasteiger partial charge in [0.2, 0.25) is 0 Å². The Labute approximate surface area is 318 Å². The Morgan fingerprint density at radius 2 is 1.07 bits per heavy atom. The Bertz CT molecular complexity index is 3530. The van der Waals surface area contributed by atoms with Gasteiger partial charge in [-0.3, -0.25) is 0 Å². The van der Waals surface area contributed by atoms with Gasteiger partial charge < -0.3 is 8.98 Å². The number of aromatic nitrogens is 4. The van der Waals surface area contributed by atoms with Crippen molar-refractivity contribution >= 4 is 54.5 Å². The smallest absolute Gasteiger partial charge is 0.164 e. The van der Waals surface area contributed by atoms with Crippen molar-refractivity contribution in [3.63, 3.8) is 0 Å². The van der Waals surface area contributed by atoms with Gasteiger partial charge in [-0.1, -0.05) is 152 Å². The zero-order valence-corrected chi connectivity index (χ0v) is 28.6. The molecule has 5 heteroatoms. The van der Waals surface area contributed by atoms with E-state index in [9.17, 15) is 1.37 Å². The molecule has 3 aromatic heterocycles. The molecule has 11 aromatic rings. The Balaban J connectivity index is 1.24. The van der Waals surface area contributed by atoms with E-state index in [1.54, 1.807) is 0 Å². The zero-order valence-electron chi connectivity index (χ0n) is 34.6. The van der Waals surface area contributed by atoms with Crippen LogP contribution in [-0.4, -0.2) is 19.5 Å². The van der Waals surface area contributed by atoms with E-state index < -0.39 is 0 Å². The number of furan rings is 1. The van der Waals surface area contributed by atoms with E-state index in [0.29, 0.717) is 34.3 Å². The third-order valence-electron chi connectivity index (χ3n) is 10.0. The minimum atomic E-state index is -0.358. The number of hydrogen-bond donors (Lipinski definition) is 0. The molecule has 5 nitrogen and oxygen atoms in total. The van der Waals surface area contributed by atoms with Crippen LogP contribution in [0.1, 0.15) is 8.22 Å². The molecular weight excluding hydrogens is 661 g/mol. The highest BCUT2D eigenvalue weighted by Crippen LogP contribution is 2.42. The minimum Gasteiger partial charge on any atom is -0.455 e. The van der Waals surface area contributed by atoms with Gasteiger partial charge in [-0.25, -0.2) is 15.0 Å². The normalized spacial score (nSPS) is 13.3. The second-order valence-corrected chi connectivity index (χ2v) is 13.2. The number of rotatable bonds is 5. The molecule has 0 saturated heterocycles. The monoisotopic (exact) mass is 696 g/mol. The molecule has 3 heterocycles. The minimum absolute atomic E-state index is 0.0284. The molecule has 0 saturated carbocycles. The molecule has 0 unspecified atom stereocenters. The summed E-state index contributed by atoms with van der Waals surface area (Å²) < 4.78 is 61.8. The highest BCUT2D eigenvalue weighted by Gasteiger charge is 2.21. The summed E-state index contributed by atoms with van der Waals surface area (Å²) in [6, 6.07) is 45.8. The number of para-hydroxylation sites is 4. The van der Waals surface area contributed by atoms with Crippen LogP contribution in [0.5, 0.6) is 0 Å². The summed E-state index contributed by atoms with van der Waals surface area (Å²) >= 11 is 0. The summed E-state index contributed by atoms with van der Waals surface area (Å²) in [5, 5.41) is 4.41. The fourth-order valence-electron chi connectivity index (χ4n) is 7.49. The average molecular weight is 697 g/mol. The van der Waals surface area contributed by atoms with Crippen LogP contribution in [0.3, 0.4) is 0 Å². The first-order valence-electron chi connectivity index (χ1n) is 20.6. The molecule has 0 N–H and O–H groups in total. The molecule has 0 aliphatic heterocycles. The van der Waals surface area contributed by atoms with Gasteiger partial charge in [-0.05, 0) is 41.1 Å². The molecule has 0 atom stereocenters. The van der Waals surface area contributed by atoms with Crippen LogP contribution in [0, 0.1) is 0 Å². The number of hydrogen-bond acceptors (Lipinski definition) is 4. The van der Waals surface area contributed by atoms with Crippen molar-refractivity contribution in [3.8, 4) is 51.0 Å². The van der Waals surface area contributed by atoms with Crippen LogP contribution in [0.25, 0.3) is 105 Å². The number of nitrogens with zero attached hydrogens (tertiary/aromatic N) is 4. The second kappa shape index (κ2) is 12.1. The van der Waals surface area contributed by atoms with Gasteiger partial charge in [0.25, 0.3) is 0 Å². The Morgan fingerprint density at radius 1 is 0.444 bits per heavy atom.